The molecule has 0 aromatic heterocycles. The van der Waals surface area contributed by atoms with Crippen molar-refractivity contribution in [2.24, 2.45) is 16.6 Å². The molecule has 1 fully saturated rings. The summed E-state index contributed by atoms with van der Waals surface area (Å²) in [6, 6.07) is 11.6. The zero-order valence-corrected chi connectivity index (χ0v) is 19.5. The van der Waals surface area contributed by atoms with Crippen LogP contribution in [0.25, 0.3) is 11.1 Å². The number of benzene rings is 2. The molecule has 2 N–H and O–H groups in total. The van der Waals surface area contributed by atoms with Gasteiger partial charge in [0, 0.05) is 31.6 Å². The summed E-state index contributed by atoms with van der Waals surface area (Å²) in [6.45, 7) is 4.77. The van der Waals surface area contributed by atoms with Gasteiger partial charge >= 0.3 is 0 Å². The number of guanidine groups is 1. The molecule has 1 amide bonds. The van der Waals surface area contributed by atoms with Crippen LogP contribution in [0.4, 0.5) is 4.39 Å². The third-order valence-electron chi connectivity index (χ3n) is 7.13. The second-order valence-corrected chi connectivity index (χ2v) is 9.97. The van der Waals surface area contributed by atoms with Gasteiger partial charge in [-0.25, -0.2) is 9.38 Å². The zero-order chi connectivity index (χ0) is 24.3. The van der Waals surface area contributed by atoms with E-state index in [2.05, 4.69) is 18.8 Å². The number of nitrogens with zero attached hydrogens (tertiary/aromatic N) is 3. The highest BCUT2D eigenvalue weighted by Gasteiger charge is 2.55. The van der Waals surface area contributed by atoms with Gasteiger partial charge in [-0.2, -0.15) is 5.26 Å². The van der Waals surface area contributed by atoms with E-state index in [0.717, 1.165) is 12.8 Å². The van der Waals surface area contributed by atoms with Crippen LogP contribution in [-0.4, -0.2) is 42.1 Å². The normalized spacial score (nSPS) is 27.7. The molecule has 1 saturated heterocycles. The van der Waals surface area contributed by atoms with Crippen LogP contribution in [-0.2, 0) is 15.1 Å². The lowest BCUT2D eigenvalue weighted by Crippen LogP contribution is -2.49. The van der Waals surface area contributed by atoms with Gasteiger partial charge in [0.15, 0.2) is 11.5 Å². The quantitative estimate of drug-likeness (QED) is 0.733. The molecule has 7 nitrogen and oxygen atoms in total. The molecule has 0 aliphatic carbocycles. The number of hydrogen-bond acceptors (Lipinski definition) is 6. The average Bonchev–Trinajstić information content (AvgIpc) is 3.01. The van der Waals surface area contributed by atoms with Crippen LogP contribution < -0.4 is 10.5 Å². The smallest absolute Gasteiger partial charge is 0.261 e. The Bertz CT molecular complexity index is 1250. The number of fused-ring (bicyclic) bond motifs is 2. The molecule has 1 spiro atoms. The zero-order valence-electron chi connectivity index (χ0n) is 19.5. The van der Waals surface area contributed by atoms with Crippen molar-refractivity contribution < 1.29 is 18.7 Å². The second-order valence-electron chi connectivity index (χ2n) is 9.97. The molecule has 176 valence electrons. The first-order chi connectivity index (χ1) is 16.1. The summed E-state index contributed by atoms with van der Waals surface area (Å²) in [4.78, 5) is 19.6. The maximum atomic E-state index is 14.1. The maximum Gasteiger partial charge on any atom is 0.261 e. The fraction of sp³-hybridized carbons (Fsp3) is 0.423. The molecule has 3 aliphatic heterocycles. The van der Waals surface area contributed by atoms with Crippen molar-refractivity contribution in [1.29, 1.82) is 5.26 Å². The van der Waals surface area contributed by atoms with Crippen LogP contribution in [0.3, 0.4) is 0 Å². The van der Waals surface area contributed by atoms with E-state index in [1.54, 1.807) is 19.2 Å². The van der Waals surface area contributed by atoms with Gasteiger partial charge in [0.25, 0.3) is 5.91 Å². The highest BCUT2D eigenvalue weighted by molar-refractivity contribution is 6.07. The number of likely N-dealkylation sites (N-methyl/N-ethyl adjacent to an activating group) is 1. The molecule has 2 aromatic carbocycles. The van der Waals surface area contributed by atoms with E-state index >= 15 is 0 Å². The monoisotopic (exact) mass is 462 g/mol. The number of rotatable bonds is 2. The number of ether oxygens (including phenoxy) is 2. The Kier molecular flexibility index (Phi) is 5.14. The average molecular weight is 463 g/mol. The van der Waals surface area contributed by atoms with Crippen LogP contribution in [0.2, 0.25) is 0 Å². The lowest BCUT2D eigenvalue weighted by molar-refractivity contribution is -0.134. The number of amides is 1. The fourth-order valence-corrected chi connectivity index (χ4v) is 5.43. The molecule has 2 aromatic rings. The number of halogens is 1. The van der Waals surface area contributed by atoms with Crippen LogP contribution in [0.15, 0.2) is 41.4 Å². The predicted octanol–water partition coefficient (Wildman–Crippen LogP) is 3.70. The first-order valence-corrected chi connectivity index (χ1v) is 11.4. The summed E-state index contributed by atoms with van der Waals surface area (Å²) < 4.78 is 26.5. The molecule has 0 saturated carbocycles. The summed E-state index contributed by atoms with van der Waals surface area (Å²) >= 11 is 0. The molecule has 0 radical (unpaired) electrons. The standard InChI is InChI=1S/C26H27FN4O3/c1-25(2)12-17(6-7-33-25)22-13-26(23(32)31(3)24(29)30-26)20-11-16(4-5-21(20)34-22)18-8-15(14-28)9-19(27)10-18/h4-5,8-11,17,22H,6-7,12-13H2,1-3H3,(H2,29,30). The van der Waals surface area contributed by atoms with E-state index in [1.807, 2.05) is 18.2 Å². The minimum atomic E-state index is -1.21. The minimum Gasteiger partial charge on any atom is -0.490 e. The molecule has 5 rings (SSSR count). The highest BCUT2D eigenvalue weighted by atomic mass is 19.1. The molecule has 3 aliphatic rings. The summed E-state index contributed by atoms with van der Waals surface area (Å²) in [5.74, 6) is 0.220. The Hall–Kier alpha value is -3.44. The lowest BCUT2D eigenvalue weighted by Gasteiger charge is -2.44. The van der Waals surface area contributed by atoms with Gasteiger partial charge in [0.1, 0.15) is 17.7 Å². The largest absolute Gasteiger partial charge is 0.490 e. The molecule has 3 atom stereocenters. The SMILES string of the molecule is CN1C(=O)C2(CC(C3CCOC(C)(C)C3)Oc3ccc(-c4cc(F)cc(C#N)c4)cc32)N=C1N. The second kappa shape index (κ2) is 7.81. The molecular formula is C26H27FN4O3. The molecule has 3 heterocycles. The summed E-state index contributed by atoms with van der Waals surface area (Å²) in [6.07, 6.45) is 1.78. The van der Waals surface area contributed by atoms with E-state index in [9.17, 15) is 14.4 Å². The third-order valence-corrected chi connectivity index (χ3v) is 7.13. The van der Waals surface area contributed by atoms with Crippen molar-refractivity contribution in [3.05, 3.63) is 53.3 Å². The Labute approximate surface area is 198 Å². The van der Waals surface area contributed by atoms with Gasteiger partial charge in [0.05, 0.1) is 17.2 Å². The van der Waals surface area contributed by atoms with Crippen LogP contribution in [0.5, 0.6) is 5.75 Å². The van der Waals surface area contributed by atoms with E-state index in [4.69, 9.17) is 15.2 Å². The van der Waals surface area contributed by atoms with Gasteiger partial charge in [-0.05, 0) is 68.1 Å². The Morgan fingerprint density at radius 3 is 2.68 bits per heavy atom. The van der Waals surface area contributed by atoms with Crippen molar-refractivity contribution in [2.75, 3.05) is 13.7 Å². The van der Waals surface area contributed by atoms with Gasteiger partial charge in [-0.1, -0.05) is 6.07 Å². The van der Waals surface area contributed by atoms with Gasteiger partial charge in [-0.15, -0.1) is 0 Å². The van der Waals surface area contributed by atoms with E-state index in [0.29, 0.717) is 35.5 Å². The first kappa shape index (κ1) is 22.4. The number of aliphatic imine (C=N–C) groups is 1. The van der Waals surface area contributed by atoms with Crippen LogP contribution in [0.1, 0.15) is 44.2 Å². The van der Waals surface area contributed by atoms with Crippen molar-refractivity contribution in [2.45, 2.75) is 50.4 Å². The third kappa shape index (κ3) is 3.61. The lowest BCUT2D eigenvalue weighted by atomic mass is 9.74. The number of hydrogen-bond donors (Lipinski definition) is 1. The van der Waals surface area contributed by atoms with E-state index in [1.165, 1.54) is 17.0 Å². The number of carbonyl (C=O) groups is 1. The molecule has 3 unspecified atom stereocenters. The summed E-state index contributed by atoms with van der Waals surface area (Å²) in [5, 5.41) is 9.25. The fourth-order valence-electron chi connectivity index (χ4n) is 5.43. The Balaban J connectivity index is 1.61. The van der Waals surface area contributed by atoms with Crippen molar-refractivity contribution >= 4 is 11.9 Å². The van der Waals surface area contributed by atoms with Gasteiger partial charge in [-0.3, -0.25) is 9.69 Å². The molecular weight excluding hydrogens is 435 g/mol. The highest BCUT2D eigenvalue weighted by Crippen LogP contribution is 2.49. The van der Waals surface area contributed by atoms with Crippen LogP contribution >= 0.6 is 0 Å². The molecule has 34 heavy (non-hydrogen) atoms. The topological polar surface area (TPSA) is 101 Å². The Morgan fingerprint density at radius 2 is 2.00 bits per heavy atom. The van der Waals surface area contributed by atoms with Crippen molar-refractivity contribution in [1.82, 2.24) is 4.90 Å². The van der Waals surface area contributed by atoms with Gasteiger partial charge < -0.3 is 15.2 Å². The summed E-state index contributed by atoms with van der Waals surface area (Å²) in [5.41, 5.74) is 6.67. The van der Waals surface area contributed by atoms with Crippen molar-refractivity contribution in [3.63, 3.8) is 0 Å². The number of nitriles is 1. The first-order valence-electron chi connectivity index (χ1n) is 11.4. The summed E-state index contributed by atoms with van der Waals surface area (Å²) in [7, 11) is 1.62. The molecule has 0 bridgehead atoms. The van der Waals surface area contributed by atoms with E-state index < -0.39 is 11.4 Å². The number of nitrogens with two attached hydrogens (primary N) is 1. The predicted molar refractivity (Wildman–Crippen MR) is 124 cm³/mol. The number of carbonyl (C=O) groups excluding carboxylic acids is 1. The van der Waals surface area contributed by atoms with Gasteiger partial charge in [0.2, 0.25) is 0 Å². The van der Waals surface area contributed by atoms with E-state index in [-0.39, 0.29) is 35.1 Å². The minimum absolute atomic E-state index is 0.159. The van der Waals surface area contributed by atoms with Crippen LogP contribution in [0, 0.1) is 23.1 Å². The molecule has 8 heteroatoms. The van der Waals surface area contributed by atoms with Crippen molar-refractivity contribution in [3.8, 4) is 22.9 Å². The Morgan fingerprint density at radius 1 is 1.21 bits per heavy atom. The maximum absolute atomic E-state index is 14.1.